The third kappa shape index (κ3) is 2.80. The van der Waals surface area contributed by atoms with E-state index in [1.54, 1.807) is 11.3 Å². The first-order valence-electron chi connectivity index (χ1n) is 7.99. The number of hydrogen-bond acceptors (Lipinski definition) is 3. The maximum Gasteiger partial charge on any atom is 0.192 e. The lowest BCUT2D eigenvalue weighted by Crippen LogP contribution is -2.41. The largest absolute Gasteiger partial charge is 0.410 e. The summed E-state index contributed by atoms with van der Waals surface area (Å²) in [4.78, 5) is 4.49. The van der Waals surface area contributed by atoms with Crippen molar-refractivity contribution < 1.29 is 4.43 Å². The van der Waals surface area contributed by atoms with Gasteiger partial charge in [0.05, 0.1) is 6.10 Å². The summed E-state index contributed by atoms with van der Waals surface area (Å²) >= 11 is 1.72. The van der Waals surface area contributed by atoms with Gasteiger partial charge in [0.2, 0.25) is 0 Å². The fourth-order valence-corrected chi connectivity index (χ4v) is 4.83. The van der Waals surface area contributed by atoms with Crippen LogP contribution in [0.2, 0.25) is 18.1 Å². The highest BCUT2D eigenvalue weighted by molar-refractivity contribution is 7.13. The highest BCUT2D eigenvalue weighted by Gasteiger charge is 2.41. The van der Waals surface area contributed by atoms with Crippen molar-refractivity contribution in [2.45, 2.75) is 57.8 Å². The van der Waals surface area contributed by atoms with Crippen molar-refractivity contribution in [3.8, 4) is 10.6 Å². The summed E-state index contributed by atoms with van der Waals surface area (Å²) in [6.07, 6.45) is 4.35. The van der Waals surface area contributed by atoms with Gasteiger partial charge in [-0.1, -0.05) is 39.0 Å². The van der Waals surface area contributed by atoms with Crippen molar-refractivity contribution in [3.63, 3.8) is 0 Å². The minimum absolute atomic E-state index is 0.253. The van der Waals surface area contributed by atoms with E-state index in [4.69, 9.17) is 4.43 Å². The summed E-state index contributed by atoms with van der Waals surface area (Å²) < 4.78 is 6.68. The number of thiazole rings is 1. The number of nitrogens with zero attached hydrogens (tertiary/aromatic N) is 1. The van der Waals surface area contributed by atoms with E-state index >= 15 is 0 Å². The molecule has 0 spiro atoms. The normalized spacial score (nSPS) is 18.5. The molecule has 1 aromatic carbocycles. The quantitative estimate of drug-likeness (QED) is 0.661. The molecule has 1 atom stereocenters. The second-order valence-electron chi connectivity index (χ2n) is 7.62. The molecule has 1 heterocycles. The summed E-state index contributed by atoms with van der Waals surface area (Å²) in [6, 6.07) is 6.60. The van der Waals surface area contributed by atoms with Gasteiger partial charge in [-0.25, -0.2) is 4.98 Å². The van der Waals surface area contributed by atoms with Crippen LogP contribution in [0, 0.1) is 0 Å². The molecule has 22 heavy (non-hydrogen) atoms. The van der Waals surface area contributed by atoms with Crippen LogP contribution in [0.15, 0.2) is 29.8 Å². The molecular weight excluding hydrogens is 306 g/mol. The second-order valence-corrected chi connectivity index (χ2v) is 13.3. The standard InChI is InChI=1S/C18H25NOSSi/c1-18(2,3)22(4,5)20-16-10-9-13-14(16)7-6-8-15(13)17-19-11-12-21-17/h6-8,11-12,16H,9-10H2,1-5H3. The van der Waals surface area contributed by atoms with Gasteiger partial charge in [0.1, 0.15) is 5.01 Å². The maximum absolute atomic E-state index is 6.68. The van der Waals surface area contributed by atoms with Gasteiger partial charge in [0, 0.05) is 17.1 Å². The number of rotatable bonds is 3. The molecule has 0 amide bonds. The summed E-state index contributed by atoms with van der Waals surface area (Å²) in [7, 11) is -1.74. The van der Waals surface area contributed by atoms with E-state index in [2.05, 4.69) is 57.0 Å². The highest BCUT2D eigenvalue weighted by atomic mass is 32.1. The molecule has 1 aromatic heterocycles. The molecule has 2 aromatic rings. The lowest BCUT2D eigenvalue weighted by molar-refractivity contribution is 0.185. The Kier molecular flexibility index (Phi) is 4.04. The van der Waals surface area contributed by atoms with Crippen LogP contribution in [0.3, 0.4) is 0 Å². The van der Waals surface area contributed by atoms with Crippen molar-refractivity contribution in [2.24, 2.45) is 0 Å². The third-order valence-corrected chi connectivity index (χ3v) is 10.4. The Morgan fingerprint density at radius 1 is 1.27 bits per heavy atom. The molecule has 0 fully saturated rings. The summed E-state index contributed by atoms with van der Waals surface area (Å²) in [6.45, 7) is 11.6. The SMILES string of the molecule is CC(C)(C)[Si](C)(C)OC1CCc2c(-c3nccs3)cccc21. The molecule has 0 N–H and O–H groups in total. The molecule has 3 rings (SSSR count). The minimum atomic E-state index is -1.74. The molecule has 0 saturated carbocycles. The van der Waals surface area contributed by atoms with E-state index in [-0.39, 0.29) is 11.1 Å². The van der Waals surface area contributed by atoms with Crippen LogP contribution in [0.25, 0.3) is 10.6 Å². The Balaban J connectivity index is 1.92. The fourth-order valence-electron chi connectivity index (χ4n) is 2.83. The molecule has 1 aliphatic rings. The van der Waals surface area contributed by atoms with Gasteiger partial charge in [-0.2, -0.15) is 0 Å². The van der Waals surface area contributed by atoms with Gasteiger partial charge in [0.25, 0.3) is 0 Å². The van der Waals surface area contributed by atoms with Crippen molar-refractivity contribution in [1.29, 1.82) is 0 Å². The Morgan fingerprint density at radius 3 is 2.68 bits per heavy atom. The van der Waals surface area contributed by atoms with E-state index < -0.39 is 8.32 Å². The first-order valence-corrected chi connectivity index (χ1v) is 11.8. The monoisotopic (exact) mass is 331 g/mol. The zero-order valence-electron chi connectivity index (χ0n) is 14.1. The number of hydrogen-bond donors (Lipinski definition) is 0. The molecule has 2 nitrogen and oxygen atoms in total. The topological polar surface area (TPSA) is 22.1 Å². The fraction of sp³-hybridized carbons (Fsp3) is 0.500. The first kappa shape index (κ1) is 15.9. The van der Waals surface area contributed by atoms with E-state index in [0.717, 1.165) is 17.8 Å². The molecule has 118 valence electrons. The number of aromatic nitrogens is 1. The summed E-state index contributed by atoms with van der Waals surface area (Å²) in [5.41, 5.74) is 4.13. The Morgan fingerprint density at radius 2 is 2.05 bits per heavy atom. The van der Waals surface area contributed by atoms with Crippen LogP contribution >= 0.6 is 11.3 Å². The van der Waals surface area contributed by atoms with Crippen molar-refractivity contribution in [3.05, 3.63) is 40.9 Å². The maximum atomic E-state index is 6.68. The number of benzene rings is 1. The van der Waals surface area contributed by atoms with Crippen LogP contribution < -0.4 is 0 Å². The Labute approximate surface area is 138 Å². The smallest absolute Gasteiger partial charge is 0.192 e. The Bertz CT molecular complexity index is 658. The van der Waals surface area contributed by atoms with E-state index in [1.807, 2.05) is 11.6 Å². The molecule has 1 unspecified atom stereocenters. The van der Waals surface area contributed by atoms with E-state index in [0.29, 0.717) is 0 Å². The average Bonchev–Trinajstić information content (AvgIpc) is 3.07. The molecule has 0 saturated heterocycles. The third-order valence-electron chi connectivity index (χ3n) is 5.12. The molecule has 0 aliphatic heterocycles. The summed E-state index contributed by atoms with van der Waals surface area (Å²) in [5, 5.41) is 3.43. The van der Waals surface area contributed by atoms with Crippen LogP contribution in [0.4, 0.5) is 0 Å². The predicted molar refractivity (Wildman–Crippen MR) is 96.9 cm³/mol. The lowest BCUT2D eigenvalue weighted by Gasteiger charge is -2.38. The van der Waals surface area contributed by atoms with Crippen LogP contribution in [0.5, 0.6) is 0 Å². The van der Waals surface area contributed by atoms with Gasteiger partial charge in [0.15, 0.2) is 8.32 Å². The van der Waals surface area contributed by atoms with Crippen molar-refractivity contribution >= 4 is 19.7 Å². The first-order chi connectivity index (χ1) is 10.3. The van der Waals surface area contributed by atoms with E-state index in [9.17, 15) is 0 Å². The highest BCUT2D eigenvalue weighted by Crippen LogP contribution is 2.45. The van der Waals surface area contributed by atoms with Crippen molar-refractivity contribution in [1.82, 2.24) is 4.98 Å². The lowest BCUT2D eigenvalue weighted by atomic mass is 10.0. The van der Waals surface area contributed by atoms with Gasteiger partial charge in [-0.05, 0) is 42.1 Å². The Hall–Kier alpha value is -0.973. The van der Waals surface area contributed by atoms with Gasteiger partial charge in [-0.15, -0.1) is 11.3 Å². The van der Waals surface area contributed by atoms with Gasteiger partial charge in [-0.3, -0.25) is 0 Å². The minimum Gasteiger partial charge on any atom is -0.410 e. The molecule has 1 aliphatic carbocycles. The van der Waals surface area contributed by atoms with E-state index in [1.165, 1.54) is 16.7 Å². The van der Waals surface area contributed by atoms with Crippen LogP contribution in [0.1, 0.15) is 44.4 Å². The van der Waals surface area contributed by atoms with Gasteiger partial charge < -0.3 is 4.43 Å². The van der Waals surface area contributed by atoms with Crippen LogP contribution in [-0.4, -0.2) is 13.3 Å². The zero-order chi connectivity index (χ0) is 16.0. The molecular formula is C18H25NOSSi. The summed E-state index contributed by atoms with van der Waals surface area (Å²) in [5.74, 6) is 0. The van der Waals surface area contributed by atoms with Gasteiger partial charge >= 0.3 is 0 Å². The zero-order valence-corrected chi connectivity index (χ0v) is 16.0. The average molecular weight is 332 g/mol. The van der Waals surface area contributed by atoms with Crippen molar-refractivity contribution in [2.75, 3.05) is 0 Å². The second kappa shape index (κ2) is 5.59. The predicted octanol–water partition coefficient (Wildman–Crippen LogP) is 5.82. The molecule has 0 radical (unpaired) electrons. The number of fused-ring (bicyclic) bond motifs is 1. The molecule has 0 bridgehead atoms. The molecule has 4 heteroatoms. The van der Waals surface area contributed by atoms with Crippen LogP contribution in [-0.2, 0) is 10.8 Å².